The van der Waals surface area contributed by atoms with Crippen LogP contribution in [-0.2, 0) is 20.9 Å². The zero-order chi connectivity index (χ0) is 20.5. The molecular formula is C21H20FNO5. The molecule has 7 heteroatoms. The highest BCUT2D eigenvalue weighted by molar-refractivity contribution is 5.98. The Hall–Kier alpha value is -3.48. The standard InChI is InChI=1S/C21H20FNO5/c1-14(24)23-12-16-3-7-17(8-4-16)19(25)13-28-21(26)10-6-15-5-9-20(27-2)18(22)11-15/h3-11H,12-13H2,1-2H3,(H,23,24)/b10-6+. The van der Waals surface area contributed by atoms with Crippen molar-refractivity contribution in [3.05, 3.63) is 71.0 Å². The second-order valence-electron chi connectivity index (χ2n) is 5.86. The molecule has 28 heavy (non-hydrogen) atoms. The first kappa shape index (κ1) is 20.8. The van der Waals surface area contributed by atoms with Gasteiger partial charge in [-0.25, -0.2) is 9.18 Å². The summed E-state index contributed by atoms with van der Waals surface area (Å²) in [7, 11) is 1.36. The highest BCUT2D eigenvalue weighted by Gasteiger charge is 2.09. The normalized spacial score (nSPS) is 10.5. The highest BCUT2D eigenvalue weighted by atomic mass is 19.1. The minimum atomic E-state index is -0.716. The number of ketones is 1. The summed E-state index contributed by atoms with van der Waals surface area (Å²) >= 11 is 0. The Morgan fingerprint density at radius 1 is 1.11 bits per heavy atom. The molecule has 0 aliphatic rings. The van der Waals surface area contributed by atoms with Gasteiger partial charge in [-0.1, -0.05) is 30.3 Å². The lowest BCUT2D eigenvalue weighted by molar-refractivity contribution is -0.136. The second kappa shape index (κ2) is 10.0. The number of esters is 1. The van der Waals surface area contributed by atoms with Gasteiger partial charge in [-0.3, -0.25) is 9.59 Å². The van der Waals surface area contributed by atoms with Gasteiger partial charge in [0.1, 0.15) is 0 Å². The quantitative estimate of drug-likeness (QED) is 0.429. The number of Topliss-reactive ketones (excluding diaryl/α,β-unsaturated/α-hetero) is 1. The van der Waals surface area contributed by atoms with Crippen LogP contribution < -0.4 is 10.1 Å². The van der Waals surface area contributed by atoms with Gasteiger partial charge in [-0.05, 0) is 29.3 Å². The minimum absolute atomic E-state index is 0.105. The lowest BCUT2D eigenvalue weighted by atomic mass is 10.1. The molecule has 0 aliphatic heterocycles. The van der Waals surface area contributed by atoms with Crippen LogP contribution in [0, 0.1) is 5.82 Å². The van der Waals surface area contributed by atoms with Crippen LogP contribution in [0.5, 0.6) is 5.75 Å². The molecular weight excluding hydrogens is 365 g/mol. The van der Waals surface area contributed by atoms with Crippen LogP contribution in [0.15, 0.2) is 48.5 Å². The van der Waals surface area contributed by atoms with E-state index >= 15 is 0 Å². The molecule has 6 nitrogen and oxygen atoms in total. The number of rotatable bonds is 8. The number of methoxy groups -OCH3 is 1. The Labute approximate surface area is 162 Å². The van der Waals surface area contributed by atoms with Crippen molar-refractivity contribution >= 4 is 23.7 Å². The van der Waals surface area contributed by atoms with Crippen molar-refractivity contribution in [1.29, 1.82) is 0 Å². The number of benzene rings is 2. The smallest absolute Gasteiger partial charge is 0.331 e. The third kappa shape index (κ3) is 6.35. The zero-order valence-corrected chi connectivity index (χ0v) is 15.5. The number of hydrogen-bond acceptors (Lipinski definition) is 5. The van der Waals surface area contributed by atoms with Crippen molar-refractivity contribution in [2.24, 2.45) is 0 Å². The average Bonchev–Trinajstić information content (AvgIpc) is 2.69. The summed E-state index contributed by atoms with van der Waals surface area (Å²) in [4.78, 5) is 34.7. The van der Waals surface area contributed by atoms with Gasteiger partial charge >= 0.3 is 5.97 Å². The number of hydrogen-bond donors (Lipinski definition) is 1. The summed E-state index contributed by atoms with van der Waals surface area (Å²) in [5.41, 5.74) is 1.69. The zero-order valence-electron chi connectivity index (χ0n) is 15.5. The molecule has 2 aromatic rings. The Bertz CT molecular complexity index is 890. The summed E-state index contributed by atoms with van der Waals surface area (Å²) < 4.78 is 23.3. The molecule has 0 saturated heterocycles. The van der Waals surface area contributed by atoms with Crippen molar-refractivity contribution < 1.29 is 28.2 Å². The van der Waals surface area contributed by atoms with Gasteiger partial charge in [-0.15, -0.1) is 0 Å². The molecule has 0 saturated carbocycles. The van der Waals surface area contributed by atoms with E-state index in [1.54, 1.807) is 30.3 Å². The van der Waals surface area contributed by atoms with E-state index in [1.165, 1.54) is 32.2 Å². The molecule has 0 bridgehead atoms. The molecule has 0 aliphatic carbocycles. The maximum Gasteiger partial charge on any atom is 0.331 e. The van der Waals surface area contributed by atoms with Crippen LogP contribution in [0.25, 0.3) is 6.08 Å². The third-order valence-electron chi connectivity index (χ3n) is 3.75. The predicted molar refractivity (Wildman–Crippen MR) is 101 cm³/mol. The Kier molecular flexibility index (Phi) is 7.45. The first-order valence-electron chi connectivity index (χ1n) is 8.44. The van der Waals surface area contributed by atoms with Crippen LogP contribution in [0.1, 0.15) is 28.4 Å². The van der Waals surface area contributed by atoms with Gasteiger partial charge in [0.05, 0.1) is 7.11 Å². The molecule has 0 heterocycles. The number of carbonyl (C=O) groups excluding carboxylic acids is 3. The maximum absolute atomic E-state index is 13.6. The molecule has 0 aromatic heterocycles. The van der Waals surface area contributed by atoms with E-state index in [1.807, 2.05) is 0 Å². The van der Waals surface area contributed by atoms with Gasteiger partial charge in [0, 0.05) is 25.1 Å². The molecule has 2 aromatic carbocycles. The monoisotopic (exact) mass is 385 g/mol. The topological polar surface area (TPSA) is 81.7 Å². The lowest BCUT2D eigenvalue weighted by Gasteiger charge is -2.05. The molecule has 0 spiro atoms. The van der Waals surface area contributed by atoms with E-state index < -0.39 is 18.4 Å². The van der Waals surface area contributed by atoms with Gasteiger partial charge in [-0.2, -0.15) is 0 Å². The number of nitrogens with one attached hydrogen (secondary N) is 1. The number of carbonyl (C=O) groups is 3. The van der Waals surface area contributed by atoms with Crippen LogP contribution >= 0.6 is 0 Å². The lowest BCUT2D eigenvalue weighted by Crippen LogP contribution is -2.19. The first-order chi connectivity index (χ1) is 13.4. The van der Waals surface area contributed by atoms with Crippen LogP contribution in [0.3, 0.4) is 0 Å². The number of halogens is 1. The van der Waals surface area contributed by atoms with E-state index in [-0.39, 0.29) is 17.4 Å². The van der Waals surface area contributed by atoms with Crippen molar-refractivity contribution in [2.75, 3.05) is 13.7 Å². The summed E-state index contributed by atoms with van der Waals surface area (Å²) in [5.74, 6) is -1.66. The van der Waals surface area contributed by atoms with E-state index in [0.29, 0.717) is 17.7 Å². The average molecular weight is 385 g/mol. The minimum Gasteiger partial charge on any atom is -0.494 e. The molecule has 1 amide bonds. The fraction of sp³-hybridized carbons (Fsp3) is 0.190. The van der Waals surface area contributed by atoms with E-state index in [4.69, 9.17) is 9.47 Å². The fourth-order valence-corrected chi connectivity index (χ4v) is 2.25. The summed E-state index contributed by atoms with van der Waals surface area (Å²) in [6.45, 7) is 1.38. The SMILES string of the molecule is COc1ccc(/C=C/C(=O)OCC(=O)c2ccc(CNC(C)=O)cc2)cc1F. The third-order valence-corrected chi connectivity index (χ3v) is 3.75. The molecule has 146 valence electrons. The fourth-order valence-electron chi connectivity index (χ4n) is 2.25. The molecule has 0 unspecified atom stereocenters. The van der Waals surface area contributed by atoms with Crippen LogP contribution in [0.2, 0.25) is 0 Å². The molecule has 0 fully saturated rings. The van der Waals surface area contributed by atoms with Gasteiger partial charge in [0.2, 0.25) is 5.91 Å². The van der Waals surface area contributed by atoms with Crippen molar-refractivity contribution in [1.82, 2.24) is 5.32 Å². The molecule has 1 N–H and O–H groups in total. The molecule has 0 atom stereocenters. The van der Waals surface area contributed by atoms with Gasteiger partial charge in [0.25, 0.3) is 0 Å². The highest BCUT2D eigenvalue weighted by Crippen LogP contribution is 2.18. The Balaban J connectivity index is 1.85. The predicted octanol–water partition coefficient (Wildman–Crippen LogP) is 2.91. The summed E-state index contributed by atoms with van der Waals surface area (Å²) in [6.07, 6.45) is 2.50. The van der Waals surface area contributed by atoms with Gasteiger partial charge in [0.15, 0.2) is 24.0 Å². The van der Waals surface area contributed by atoms with Crippen molar-refractivity contribution in [2.45, 2.75) is 13.5 Å². The van der Waals surface area contributed by atoms with E-state index in [9.17, 15) is 18.8 Å². The first-order valence-corrected chi connectivity index (χ1v) is 8.44. The number of amides is 1. The van der Waals surface area contributed by atoms with Crippen LogP contribution in [-0.4, -0.2) is 31.4 Å². The van der Waals surface area contributed by atoms with E-state index in [2.05, 4.69) is 5.32 Å². The Morgan fingerprint density at radius 3 is 2.43 bits per heavy atom. The van der Waals surface area contributed by atoms with Crippen LogP contribution in [0.4, 0.5) is 4.39 Å². The maximum atomic E-state index is 13.6. The number of ether oxygens (including phenoxy) is 2. The van der Waals surface area contributed by atoms with Crippen molar-refractivity contribution in [3.63, 3.8) is 0 Å². The van der Waals surface area contributed by atoms with Gasteiger partial charge < -0.3 is 14.8 Å². The summed E-state index contributed by atoms with van der Waals surface area (Å²) in [5, 5.41) is 2.66. The largest absolute Gasteiger partial charge is 0.494 e. The molecule has 0 radical (unpaired) electrons. The Morgan fingerprint density at radius 2 is 1.82 bits per heavy atom. The summed E-state index contributed by atoms with van der Waals surface area (Å²) in [6, 6.07) is 10.9. The second-order valence-corrected chi connectivity index (χ2v) is 5.86. The van der Waals surface area contributed by atoms with E-state index in [0.717, 1.165) is 11.6 Å². The van der Waals surface area contributed by atoms with Crippen molar-refractivity contribution in [3.8, 4) is 5.75 Å². The molecule has 2 rings (SSSR count).